The van der Waals surface area contributed by atoms with E-state index in [-0.39, 0.29) is 11.8 Å². The molecule has 3 heterocycles. The highest BCUT2D eigenvalue weighted by Gasteiger charge is 2.33. The normalized spacial score (nSPS) is 18.2. The SMILES string of the molecule is O=C(Nc1cc2cn(C3CCCCC3)nc2cc1N1CCC(O)CC1)c1cccc(C(F)(F)F)n1. The number of aliphatic hydroxyl groups excluding tert-OH is 1. The van der Waals surface area contributed by atoms with Crippen LogP contribution in [0.15, 0.2) is 36.5 Å². The predicted molar refractivity (Wildman–Crippen MR) is 127 cm³/mol. The van der Waals surface area contributed by atoms with Gasteiger partial charge in [-0.15, -0.1) is 0 Å². The number of hydrogen-bond donors (Lipinski definition) is 2. The molecule has 2 aliphatic rings. The number of fused-ring (bicyclic) bond motifs is 1. The molecule has 0 spiro atoms. The number of carbonyl (C=O) groups excluding carboxylic acids is 1. The minimum absolute atomic E-state index is 0.308. The first-order valence-corrected chi connectivity index (χ1v) is 12.1. The van der Waals surface area contributed by atoms with Crippen molar-refractivity contribution in [2.45, 2.75) is 63.3 Å². The van der Waals surface area contributed by atoms with Gasteiger partial charge in [0, 0.05) is 24.7 Å². The minimum Gasteiger partial charge on any atom is -0.393 e. The first-order valence-electron chi connectivity index (χ1n) is 12.1. The van der Waals surface area contributed by atoms with Gasteiger partial charge < -0.3 is 15.3 Å². The van der Waals surface area contributed by atoms with Gasteiger partial charge in [-0.3, -0.25) is 9.48 Å². The van der Waals surface area contributed by atoms with E-state index in [1.54, 1.807) is 0 Å². The number of hydrogen-bond acceptors (Lipinski definition) is 5. The lowest BCUT2D eigenvalue weighted by molar-refractivity contribution is -0.141. The summed E-state index contributed by atoms with van der Waals surface area (Å²) in [7, 11) is 0. The van der Waals surface area contributed by atoms with Crippen LogP contribution < -0.4 is 10.2 Å². The molecule has 1 saturated heterocycles. The summed E-state index contributed by atoms with van der Waals surface area (Å²) in [5.41, 5.74) is 0.601. The van der Waals surface area contributed by atoms with Gasteiger partial charge in [-0.1, -0.05) is 25.3 Å². The van der Waals surface area contributed by atoms with E-state index in [1.165, 1.54) is 31.4 Å². The molecule has 1 aromatic carbocycles. The molecule has 0 unspecified atom stereocenters. The van der Waals surface area contributed by atoms with Crippen LogP contribution in [0.1, 0.15) is 67.2 Å². The summed E-state index contributed by atoms with van der Waals surface area (Å²) >= 11 is 0. The van der Waals surface area contributed by atoms with Crippen LogP contribution in [0.3, 0.4) is 0 Å². The van der Waals surface area contributed by atoms with E-state index >= 15 is 0 Å². The molecule has 186 valence electrons. The zero-order chi connectivity index (χ0) is 24.6. The molecule has 1 saturated carbocycles. The molecule has 0 atom stereocenters. The fourth-order valence-corrected chi connectivity index (χ4v) is 4.99. The molecular formula is C25H28F3N5O2. The Kier molecular flexibility index (Phi) is 6.39. The van der Waals surface area contributed by atoms with Crippen molar-refractivity contribution in [1.82, 2.24) is 14.8 Å². The molecule has 1 aliphatic heterocycles. The minimum atomic E-state index is -4.64. The Hall–Kier alpha value is -3.14. The molecule has 7 nitrogen and oxygen atoms in total. The van der Waals surface area contributed by atoms with Crippen LogP contribution in [0.25, 0.3) is 10.9 Å². The Bertz CT molecular complexity index is 1210. The van der Waals surface area contributed by atoms with Crippen LogP contribution in [0.4, 0.5) is 24.5 Å². The quantitative estimate of drug-likeness (QED) is 0.531. The number of pyridine rings is 1. The number of benzene rings is 1. The second kappa shape index (κ2) is 9.49. The molecular weight excluding hydrogens is 459 g/mol. The molecule has 0 bridgehead atoms. The molecule has 0 radical (unpaired) electrons. The van der Waals surface area contributed by atoms with Crippen LogP contribution in [0.5, 0.6) is 0 Å². The lowest BCUT2D eigenvalue weighted by Crippen LogP contribution is -2.36. The van der Waals surface area contributed by atoms with Crippen molar-refractivity contribution >= 4 is 28.2 Å². The Morgan fingerprint density at radius 2 is 1.80 bits per heavy atom. The number of carbonyl (C=O) groups is 1. The predicted octanol–water partition coefficient (Wildman–Crippen LogP) is 5.17. The molecule has 2 aromatic heterocycles. The fraction of sp³-hybridized carbons (Fsp3) is 0.480. The number of amides is 1. The maximum Gasteiger partial charge on any atom is 0.433 e. The third kappa shape index (κ3) is 5.12. The topological polar surface area (TPSA) is 83.3 Å². The molecule has 2 fully saturated rings. The van der Waals surface area contributed by atoms with Crippen molar-refractivity contribution in [2.24, 2.45) is 0 Å². The van der Waals surface area contributed by atoms with Gasteiger partial charge >= 0.3 is 6.18 Å². The van der Waals surface area contributed by atoms with Gasteiger partial charge in [-0.05, 0) is 49.9 Å². The number of aromatic nitrogens is 3. The van der Waals surface area contributed by atoms with Crippen molar-refractivity contribution in [2.75, 3.05) is 23.3 Å². The summed E-state index contributed by atoms with van der Waals surface area (Å²) in [6, 6.07) is 7.37. The highest BCUT2D eigenvalue weighted by Crippen LogP contribution is 2.35. The Morgan fingerprint density at radius 3 is 2.51 bits per heavy atom. The molecule has 3 aromatic rings. The zero-order valence-electron chi connectivity index (χ0n) is 19.3. The number of rotatable bonds is 4. The smallest absolute Gasteiger partial charge is 0.393 e. The lowest BCUT2D eigenvalue weighted by atomic mass is 9.96. The second-order valence-electron chi connectivity index (χ2n) is 9.41. The summed E-state index contributed by atoms with van der Waals surface area (Å²) in [6.07, 6.45) is 3.91. The van der Waals surface area contributed by atoms with Crippen LogP contribution in [-0.4, -0.2) is 45.0 Å². The number of alkyl halides is 3. The third-order valence-corrected chi connectivity index (χ3v) is 6.91. The molecule has 10 heteroatoms. The van der Waals surface area contributed by atoms with Gasteiger partial charge in [0.1, 0.15) is 11.4 Å². The van der Waals surface area contributed by atoms with Crippen LogP contribution in [0.2, 0.25) is 0 Å². The summed E-state index contributed by atoms with van der Waals surface area (Å²) in [4.78, 5) is 18.5. The molecule has 5 rings (SSSR count). The van der Waals surface area contributed by atoms with E-state index in [2.05, 4.69) is 15.2 Å². The first-order chi connectivity index (χ1) is 16.8. The van der Waals surface area contributed by atoms with Crippen molar-refractivity contribution in [3.63, 3.8) is 0 Å². The Morgan fingerprint density at radius 1 is 1.06 bits per heavy atom. The highest BCUT2D eigenvalue weighted by molar-refractivity contribution is 6.06. The van der Waals surface area contributed by atoms with Crippen LogP contribution in [0, 0.1) is 0 Å². The molecule has 2 N–H and O–H groups in total. The van der Waals surface area contributed by atoms with Gasteiger partial charge in [0.25, 0.3) is 5.91 Å². The van der Waals surface area contributed by atoms with E-state index in [4.69, 9.17) is 5.10 Å². The maximum atomic E-state index is 13.1. The summed E-state index contributed by atoms with van der Waals surface area (Å²) in [5.74, 6) is -0.714. The highest BCUT2D eigenvalue weighted by atomic mass is 19.4. The first kappa shape index (κ1) is 23.6. The number of piperidine rings is 1. The van der Waals surface area contributed by atoms with Gasteiger partial charge in [0.2, 0.25) is 0 Å². The van der Waals surface area contributed by atoms with E-state index in [0.717, 1.165) is 35.5 Å². The van der Waals surface area contributed by atoms with Gasteiger partial charge in [-0.25, -0.2) is 4.98 Å². The molecule has 1 aliphatic carbocycles. The number of anilines is 2. The monoisotopic (exact) mass is 487 g/mol. The van der Waals surface area contributed by atoms with Gasteiger partial charge in [-0.2, -0.15) is 18.3 Å². The standard InChI is InChI=1S/C25H28F3N5O2/c26-25(27,28)23-8-4-7-19(29-23)24(35)30-21-13-16-15-33(17-5-2-1-3-6-17)31-20(16)14-22(21)32-11-9-18(34)10-12-32/h4,7-8,13-15,17-18,34H,1-3,5-6,9-12H2,(H,30,35). The van der Waals surface area contributed by atoms with Crippen molar-refractivity contribution in [3.8, 4) is 0 Å². The van der Waals surface area contributed by atoms with Gasteiger partial charge in [0.15, 0.2) is 0 Å². The van der Waals surface area contributed by atoms with E-state index in [1.807, 2.05) is 23.0 Å². The largest absolute Gasteiger partial charge is 0.433 e. The van der Waals surface area contributed by atoms with Crippen molar-refractivity contribution in [1.29, 1.82) is 0 Å². The lowest BCUT2D eigenvalue weighted by Gasteiger charge is -2.32. The van der Waals surface area contributed by atoms with E-state index in [0.29, 0.717) is 37.7 Å². The maximum absolute atomic E-state index is 13.1. The third-order valence-electron chi connectivity index (χ3n) is 6.91. The number of nitrogens with zero attached hydrogens (tertiary/aromatic N) is 4. The molecule has 1 amide bonds. The van der Waals surface area contributed by atoms with Crippen LogP contribution >= 0.6 is 0 Å². The summed E-state index contributed by atoms with van der Waals surface area (Å²) in [6.45, 7) is 1.20. The van der Waals surface area contributed by atoms with Gasteiger partial charge in [0.05, 0.1) is 29.0 Å². The molecule has 35 heavy (non-hydrogen) atoms. The average Bonchev–Trinajstić information content (AvgIpc) is 3.27. The van der Waals surface area contributed by atoms with Crippen LogP contribution in [-0.2, 0) is 6.18 Å². The number of aliphatic hydroxyl groups is 1. The summed E-state index contributed by atoms with van der Waals surface area (Å²) < 4.78 is 41.3. The van der Waals surface area contributed by atoms with E-state index in [9.17, 15) is 23.1 Å². The summed E-state index contributed by atoms with van der Waals surface area (Å²) in [5, 5.41) is 18.4. The number of nitrogens with one attached hydrogen (secondary N) is 1. The fourth-order valence-electron chi connectivity index (χ4n) is 4.99. The Balaban J connectivity index is 1.49. The van der Waals surface area contributed by atoms with E-state index < -0.39 is 17.8 Å². The number of halogens is 3. The van der Waals surface area contributed by atoms with Crippen molar-refractivity contribution < 1.29 is 23.1 Å². The average molecular weight is 488 g/mol. The Labute approximate surface area is 200 Å². The van der Waals surface area contributed by atoms with Crippen molar-refractivity contribution in [3.05, 3.63) is 47.9 Å². The zero-order valence-corrected chi connectivity index (χ0v) is 19.3. The second-order valence-corrected chi connectivity index (χ2v) is 9.41.